The van der Waals surface area contributed by atoms with E-state index < -0.39 is 5.97 Å². The second-order valence-electron chi connectivity index (χ2n) is 7.44. The molecule has 0 radical (unpaired) electrons. The fourth-order valence-corrected chi connectivity index (χ4v) is 3.42. The molecule has 0 saturated heterocycles. The van der Waals surface area contributed by atoms with Crippen molar-refractivity contribution in [2.45, 2.75) is 31.8 Å². The number of anilines is 1. The van der Waals surface area contributed by atoms with Crippen LogP contribution in [0.15, 0.2) is 41.6 Å². The van der Waals surface area contributed by atoms with Gasteiger partial charge in [-0.2, -0.15) is 0 Å². The zero-order chi connectivity index (χ0) is 23.1. The first kappa shape index (κ1) is 23.4. The number of ether oxygens (including phenoxy) is 3. The average molecular weight is 460 g/mol. The van der Waals surface area contributed by atoms with E-state index in [1.165, 1.54) is 6.20 Å². The minimum atomic E-state index is -0.677. The van der Waals surface area contributed by atoms with Crippen LogP contribution in [0.2, 0.25) is 0 Å². The molecule has 0 fully saturated rings. The summed E-state index contributed by atoms with van der Waals surface area (Å²) in [6.07, 6.45) is 1.52. The number of hydrogen-bond acceptors (Lipinski definition) is 8. The molecule has 9 nitrogen and oxygen atoms in total. The topological polar surface area (TPSA) is 116 Å². The summed E-state index contributed by atoms with van der Waals surface area (Å²) in [5.74, 6) is 0.155. The lowest BCUT2D eigenvalue weighted by Gasteiger charge is -2.17. The van der Waals surface area contributed by atoms with Gasteiger partial charge in [-0.15, -0.1) is 0 Å². The molecule has 32 heavy (non-hydrogen) atoms. The van der Waals surface area contributed by atoms with Crippen LogP contribution < -0.4 is 20.1 Å². The molecular formula is C22H25N3O6S. The van der Waals surface area contributed by atoms with Crippen molar-refractivity contribution in [1.82, 2.24) is 10.3 Å². The molecule has 0 bridgehead atoms. The Morgan fingerprint density at radius 3 is 2.69 bits per heavy atom. The zero-order valence-electron chi connectivity index (χ0n) is 18.0. The van der Waals surface area contributed by atoms with E-state index in [4.69, 9.17) is 14.2 Å². The zero-order valence-corrected chi connectivity index (χ0v) is 18.9. The number of benzene rings is 1. The van der Waals surface area contributed by atoms with E-state index in [-0.39, 0.29) is 48.5 Å². The Kier molecular flexibility index (Phi) is 7.93. The Labute approximate surface area is 190 Å². The second-order valence-corrected chi connectivity index (χ2v) is 8.40. The Morgan fingerprint density at radius 2 is 1.91 bits per heavy atom. The number of nitrogens with zero attached hydrogens (tertiary/aromatic N) is 1. The molecule has 2 aromatic rings. The average Bonchev–Trinajstić information content (AvgIpc) is 3.24. The van der Waals surface area contributed by atoms with Crippen molar-refractivity contribution in [1.29, 1.82) is 0 Å². The molecule has 1 aliphatic heterocycles. The van der Waals surface area contributed by atoms with Gasteiger partial charge in [-0.25, -0.2) is 9.78 Å². The minimum Gasteiger partial charge on any atom is -0.454 e. The molecule has 0 aliphatic carbocycles. The van der Waals surface area contributed by atoms with E-state index in [0.29, 0.717) is 22.2 Å². The molecule has 2 amide bonds. The predicted molar refractivity (Wildman–Crippen MR) is 119 cm³/mol. The van der Waals surface area contributed by atoms with Crippen LogP contribution in [0.4, 0.5) is 5.69 Å². The lowest BCUT2D eigenvalue weighted by Crippen LogP contribution is -2.38. The van der Waals surface area contributed by atoms with Gasteiger partial charge < -0.3 is 24.8 Å². The fraction of sp³-hybridized carbons (Fsp3) is 0.364. The number of pyridine rings is 1. The van der Waals surface area contributed by atoms with Crippen molar-refractivity contribution in [3.05, 3.63) is 42.1 Å². The van der Waals surface area contributed by atoms with E-state index in [9.17, 15) is 14.4 Å². The van der Waals surface area contributed by atoms with Crippen molar-refractivity contribution in [3.63, 3.8) is 0 Å². The molecule has 1 unspecified atom stereocenters. The number of thioether (sulfide) groups is 1. The monoisotopic (exact) mass is 459 g/mol. The number of carbonyl (C=O) groups is 3. The predicted octanol–water partition coefficient (Wildman–Crippen LogP) is 2.86. The molecule has 1 atom stereocenters. The maximum Gasteiger partial charge on any atom is 0.341 e. The van der Waals surface area contributed by atoms with E-state index in [1.54, 1.807) is 30.3 Å². The van der Waals surface area contributed by atoms with E-state index in [2.05, 4.69) is 15.6 Å². The van der Waals surface area contributed by atoms with Crippen LogP contribution in [-0.4, -0.2) is 48.0 Å². The number of hydrogen-bond donors (Lipinski definition) is 2. The summed E-state index contributed by atoms with van der Waals surface area (Å²) in [6.45, 7) is 5.62. The van der Waals surface area contributed by atoms with Gasteiger partial charge in [0.2, 0.25) is 12.7 Å². The van der Waals surface area contributed by atoms with Gasteiger partial charge in [-0.05, 0) is 37.1 Å². The van der Waals surface area contributed by atoms with Crippen molar-refractivity contribution < 1.29 is 28.6 Å². The summed E-state index contributed by atoms with van der Waals surface area (Å²) in [5.41, 5.74) is 0.764. The van der Waals surface area contributed by atoms with Crippen LogP contribution in [0.3, 0.4) is 0 Å². The molecule has 0 saturated carbocycles. The highest BCUT2D eigenvalue weighted by atomic mass is 32.2. The fourth-order valence-electron chi connectivity index (χ4n) is 2.64. The van der Waals surface area contributed by atoms with E-state index in [0.717, 1.165) is 11.8 Å². The lowest BCUT2D eigenvalue weighted by atomic mass is 10.1. The molecule has 2 N–H and O–H groups in total. The second kappa shape index (κ2) is 10.9. The van der Waals surface area contributed by atoms with Crippen LogP contribution in [-0.2, 0) is 14.3 Å². The standard InChI is InChI=1S/C22H25N3O6S/c1-13(2)14(3)24-19(26)10-29-22(28)16-5-4-8-23-21(16)32-11-20(27)25-15-6-7-17-18(9-15)31-12-30-17/h4-9,13-14H,10-12H2,1-3H3,(H,24,26)(H,25,27). The van der Waals surface area contributed by atoms with Crippen LogP contribution in [0.5, 0.6) is 11.5 Å². The van der Waals surface area contributed by atoms with Crippen molar-refractivity contribution in [2.75, 3.05) is 24.5 Å². The number of nitrogens with one attached hydrogen (secondary N) is 2. The van der Waals surface area contributed by atoms with Gasteiger partial charge in [0.05, 0.1) is 11.3 Å². The summed E-state index contributed by atoms with van der Waals surface area (Å²) in [5, 5.41) is 5.88. The molecule has 0 spiro atoms. The normalized spacial score (nSPS) is 12.9. The summed E-state index contributed by atoms with van der Waals surface area (Å²) in [4.78, 5) is 40.9. The van der Waals surface area contributed by atoms with Gasteiger partial charge >= 0.3 is 5.97 Å². The molecule has 2 heterocycles. The molecule has 170 valence electrons. The van der Waals surface area contributed by atoms with Crippen molar-refractivity contribution in [3.8, 4) is 11.5 Å². The minimum absolute atomic E-state index is 0.0259. The van der Waals surface area contributed by atoms with Gasteiger partial charge in [-0.3, -0.25) is 9.59 Å². The SMILES string of the molecule is CC(C)C(C)NC(=O)COC(=O)c1cccnc1SCC(=O)Nc1ccc2c(c1)OCO2. The van der Waals surface area contributed by atoms with E-state index >= 15 is 0 Å². The third-order valence-electron chi connectivity index (χ3n) is 4.71. The third kappa shape index (κ3) is 6.36. The third-order valence-corrected chi connectivity index (χ3v) is 5.72. The number of rotatable bonds is 9. The van der Waals surface area contributed by atoms with Crippen molar-refractivity contribution in [2.24, 2.45) is 5.92 Å². The first-order valence-electron chi connectivity index (χ1n) is 10.1. The summed E-state index contributed by atoms with van der Waals surface area (Å²) >= 11 is 1.10. The Bertz CT molecular complexity index is 997. The molecule has 10 heteroatoms. The highest BCUT2D eigenvalue weighted by Gasteiger charge is 2.19. The summed E-state index contributed by atoms with van der Waals surface area (Å²) in [7, 11) is 0. The number of aromatic nitrogens is 1. The van der Waals surface area contributed by atoms with Crippen LogP contribution in [0.1, 0.15) is 31.1 Å². The Hall–Kier alpha value is -3.27. The van der Waals surface area contributed by atoms with Crippen molar-refractivity contribution >= 4 is 35.2 Å². The van der Waals surface area contributed by atoms with Gasteiger partial charge in [0.1, 0.15) is 5.03 Å². The number of amides is 2. The number of carbonyl (C=O) groups excluding carboxylic acids is 3. The Morgan fingerprint density at radius 1 is 1.12 bits per heavy atom. The molecule has 1 aromatic carbocycles. The van der Waals surface area contributed by atoms with Gasteiger partial charge in [-0.1, -0.05) is 25.6 Å². The Balaban J connectivity index is 1.52. The molecule has 1 aliphatic rings. The highest BCUT2D eigenvalue weighted by Crippen LogP contribution is 2.34. The molecular weight excluding hydrogens is 434 g/mol. The quantitative estimate of drug-likeness (QED) is 0.434. The van der Waals surface area contributed by atoms with Gasteiger partial charge in [0.25, 0.3) is 5.91 Å². The first-order chi connectivity index (χ1) is 15.3. The smallest absolute Gasteiger partial charge is 0.341 e. The molecule has 3 rings (SSSR count). The molecule has 1 aromatic heterocycles. The number of esters is 1. The summed E-state index contributed by atoms with van der Waals surface area (Å²) in [6, 6.07) is 8.21. The highest BCUT2D eigenvalue weighted by molar-refractivity contribution is 8.00. The van der Waals surface area contributed by atoms with Gasteiger partial charge in [0, 0.05) is 24.0 Å². The maximum atomic E-state index is 12.5. The van der Waals surface area contributed by atoms with Gasteiger partial charge in [0.15, 0.2) is 18.1 Å². The van der Waals surface area contributed by atoms with Crippen LogP contribution >= 0.6 is 11.8 Å². The lowest BCUT2D eigenvalue weighted by molar-refractivity contribution is -0.125. The van der Waals surface area contributed by atoms with E-state index in [1.807, 2.05) is 20.8 Å². The first-order valence-corrected chi connectivity index (χ1v) is 11.1. The maximum absolute atomic E-state index is 12.5. The van der Waals surface area contributed by atoms with Crippen LogP contribution in [0, 0.1) is 5.92 Å². The van der Waals surface area contributed by atoms with Crippen LogP contribution in [0.25, 0.3) is 0 Å². The number of fused-ring (bicyclic) bond motifs is 1. The largest absolute Gasteiger partial charge is 0.454 e. The summed E-state index contributed by atoms with van der Waals surface area (Å²) < 4.78 is 15.7.